The van der Waals surface area contributed by atoms with Crippen LogP contribution in [0.15, 0.2) is 34.9 Å². The summed E-state index contributed by atoms with van der Waals surface area (Å²) in [5, 5.41) is 0.654. The Balaban J connectivity index is 2.21. The van der Waals surface area contributed by atoms with Crippen molar-refractivity contribution in [3.63, 3.8) is 0 Å². The van der Waals surface area contributed by atoms with Crippen molar-refractivity contribution in [3.8, 4) is 11.6 Å². The highest BCUT2D eigenvalue weighted by molar-refractivity contribution is 9.10. The van der Waals surface area contributed by atoms with Crippen LogP contribution in [0.1, 0.15) is 18.1 Å². The second kappa shape index (κ2) is 6.57. The fourth-order valence-corrected chi connectivity index (χ4v) is 2.64. The molecule has 106 valence electrons. The highest BCUT2D eigenvalue weighted by Gasteiger charge is 2.08. The highest BCUT2D eigenvalue weighted by atomic mass is 79.9. The number of aromatic nitrogens is 1. The lowest BCUT2D eigenvalue weighted by Crippen LogP contribution is -2.17. The second-order valence-corrected chi connectivity index (χ2v) is 6.11. The van der Waals surface area contributed by atoms with E-state index in [1.54, 1.807) is 18.3 Å². The number of aryl methyl sites for hydroxylation is 1. The quantitative estimate of drug-likeness (QED) is 0.879. The molecule has 0 fully saturated rings. The summed E-state index contributed by atoms with van der Waals surface area (Å²) in [7, 11) is 0. The van der Waals surface area contributed by atoms with Gasteiger partial charge in [0.25, 0.3) is 0 Å². The zero-order chi connectivity index (χ0) is 14.7. The van der Waals surface area contributed by atoms with Crippen LogP contribution in [0.2, 0.25) is 5.02 Å². The smallest absolute Gasteiger partial charge is 0.222 e. The summed E-state index contributed by atoms with van der Waals surface area (Å²) in [6.07, 6.45) is 2.61. The molecule has 1 aromatic carbocycles. The number of nitrogens with two attached hydrogens (primary N) is 1. The molecule has 0 amide bonds. The molecule has 0 saturated carbocycles. The molecular formula is C15H16BrClN2O. The van der Waals surface area contributed by atoms with Gasteiger partial charge in [0.15, 0.2) is 0 Å². The molecule has 5 heteroatoms. The second-order valence-electron chi connectivity index (χ2n) is 4.82. The Morgan fingerprint density at radius 2 is 2.15 bits per heavy atom. The minimum Gasteiger partial charge on any atom is -0.438 e. The van der Waals surface area contributed by atoms with E-state index in [-0.39, 0.29) is 6.04 Å². The lowest BCUT2D eigenvalue weighted by Gasteiger charge is -2.11. The number of hydrogen-bond donors (Lipinski definition) is 1. The van der Waals surface area contributed by atoms with Crippen molar-refractivity contribution in [3.05, 3.63) is 51.1 Å². The van der Waals surface area contributed by atoms with Gasteiger partial charge in [0.1, 0.15) is 5.75 Å². The van der Waals surface area contributed by atoms with Crippen molar-refractivity contribution >= 4 is 27.5 Å². The Labute approximate surface area is 132 Å². The summed E-state index contributed by atoms with van der Waals surface area (Å²) < 4.78 is 6.60. The summed E-state index contributed by atoms with van der Waals surface area (Å²) in [5.74, 6) is 1.27. The fraction of sp³-hybridized carbons (Fsp3) is 0.267. The van der Waals surface area contributed by atoms with Gasteiger partial charge in [-0.25, -0.2) is 4.98 Å². The maximum atomic E-state index is 5.91. The summed E-state index contributed by atoms with van der Waals surface area (Å²) in [6.45, 7) is 3.95. The van der Waals surface area contributed by atoms with Gasteiger partial charge in [0, 0.05) is 22.8 Å². The molecule has 0 aliphatic carbocycles. The van der Waals surface area contributed by atoms with Crippen molar-refractivity contribution in [1.82, 2.24) is 4.98 Å². The third-order valence-electron chi connectivity index (χ3n) is 2.75. The predicted molar refractivity (Wildman–Crippen MR) is 85.6 cm³/mol. The minimum absolute atomic E-state index is 0.119. The molecule has 0 radical (unpaired) electrons. The average molecular weight is 356 g/mol. The van der Waals surface area contributed by atoms with E-state index < -0.39 is 0 Å². The van der Waals surface area contributed by atoms with Gasteiger partial charge in [0.2, 0.25) is 5.88 Å². The maximum absolute atomic E-state index is 5.91. The molecule has 0 aliphatic heterocycles. The molecule has 2 aromatic rings. The van der Waals surface area contributed by atoms with Crippen LogP contribution in [0.4, 0.5) is 0 Å². The maximum Gasteiger partial charge on any atom is 0.222 e. The van der Waals surface area contributed by atoms with Gasteiger partial charge in [-0.2, -0.15) is 0 Å². The number of ether oxygens (including phenoxy) is 1. The predicted octanol–water partition coefficient (Wildman–Crippen LogP) is 4.49. The van der Waals surface area contributed by atoms with E-state index in [0.717, 1.165) is 22.0 Å². The monoisotopic (exact) mass is 354 g/mol. The molecule has 0 aliphatic rings. The third-order valence-corrected chi connectivity index (χ3v) is 3.60. The van der Waals surface area contributed by atoms with E-state index in [9.17, 15) is 0 Å². The molecule has 0 bridgehead atoms. The van der Waals surface area contributed by atoms with E-state index >= 15 is 0 Å². The lowest BCUT2D eigenvalue weighted by molar-refractivity contribution is 0.455. The molecule has 3 nitrogen and oxygen atoms in total. The normalized spacial score (nSPS) is 12.2. The Kier molecular flexibility index (Phi) is 5.02. The van der Waals surface area contributed by atoms with Crippen molar-refractivity contribution in [2.24, 2.45) is 5.73 Å². The molecular weight excluding hydrogens is 340 g/mol. The van der Waals surface area contributed by atoms with Gasteiger partial charge in [0.05, 0.1) is 4.47 Å². The molecule has 1 heterocycles. The molecule has 1 atom stereocenters. The van der Waals surface area contributed by atoms with E-state index in [1.807, 2.05) is 19.9 Å². The van der Waals surface area contributed by atoms with E-state index in [4.69, 9.17) is 22.1 Å². The Morgan fingerprint density at radius 1 is 1.40 bits per heavy atom. The average Bonchev–Trinajstić information content (AvgIpc) is 2.34. The summed E-state index contributed by atoms with van der Waals surface area (Å²) in [5.41, 5.74) is 7.88. The van der Waals surface area contributed by atoms with Crippen molar-refractivity contribution in [2.45, 2.75) is 26.3 Å². The molecule has 1 unspecified atom stereocenters. The van der Waals surface area contributed by atoms with Crippen LogP contribution in [0.5, 0.6) is 11.6 Å². The van der Waals surface area contributed by atoms with Crippen LogP contribution in [-0.4, -0.2) is 11.0 Å². The van der Waals surface area contributed by atoms with Crippen molar-refractivity contribution in [1.29, 1.82) is 0 Å². The zero-order valence-electron chi connectivity index (χ0n) is 11.4. The zero-order valence-corrected chi connectivity index (χ0v) is 13.7. The standard InChI is InChI=1S/C15H16BrClN2O/c1-9-5-11(6-10(2)18)8-19-15(9)20-14-4-3-12(17)7-13(14)16/h3-5,7-8,10H,6,18H2,1-2H3. The van der Waals surface area contributed by atoms with Crippen LogP contribution in [0, 0.1) is 6.92 Å². The number of nitrogens with zero attached hydrogens (tertiary/aromatic N) is 1. The van der Waals surface area contributed by atoms with Crippen LogP contribution < -0.4 is 10.5 Å². The van der Waals surface area contributed by atoms with Gasteiger partial charge in [-0.05, 0) is 66.0 Å². The van der Waals surface area contributed by atoms with E-state index in [0.29, 0.717) is 16.7 Å². The summed E-state index contributed by atoms with van der Waals surface area (Å²) in [6, 6.07) is 7.55. The summed E-state index contributed by atoms with van der Waals surface area (Å²) >= 11 is 9.33. The molecule has 2 N–H and O–H groups in total. The minimum atomic E-state index is 0.119. The first-order valence-electron chi connectivity index (χ1n) is 6.29. The highest BCUT2D eigenvalue weighted by Crippen LogP contribution is 2.32. The molecule has 2 rings (SSSR count). The summed E-state index contributed by atoms with van der Waals surface area (Å²) in [4.78, 5) is 4.36. The third kappa shape index (κ3) is 3.95. The number of rotatable bonds is 4. The van der Waals surface area contributed by atoms with E-state index in [2.05, 4.69) is 27.0 Å². The van der Waals surface area contributed by atoms with Crippen LogP contribution in [0.3, 0.4) is 0 Å². The topological polar surface area (TPSA) is 48.1 Å². The van der Waals surface area contributed by atoms with Gasteiger partial charge in [-0.15, -0.1) is 0 Å². The van der Waals surface area contributed by atoms with Crippen LogP contribution in [-0.2, 0) is 6.42 Å². The number of benzene rings is 1. The molecule has 0 spiro atoms. The lowest BCUT2D eigenvalue weighted by atomic mass is 10.1. The van der Waals surface area contributed by atoms with Crippen molar-refractivity contribution in [2.75, 3.05) is 0 Å². The van der Waals surface area contributed by atoms with Gasteiger partial charge >= 0.3 is 0 Å². The first kappa shape index (κ1) is 15.3. The van der Waals surface area contributed by atoms with Gasteiger partial charge in [-0.3, -0.25) is 0 Å². The van der Waals surface area contributed by atoms with Crippen LogP contribution in [0.25, 0.3) is 0 Å². The van der Waals surface area contributed by atoms with Crippen molar-refractivity contribution < 1.29 is 4.74 Å². The van der Waals surface area contributed by atoms with Crippen LogP contribution >= 0.6 is 27.5 Å². The Morgan fingerprint density at radius 3 is 2.75 bits per heavy atom. The number of halogens is 2. The van der Waals surface area contributed by atoms with E-state index in [1.165, 1.54) is 0 Å². The molecule has 20 heavy (non-hydrogen) atoms. The Hall–Kier alpha value is -1.10. The number of pyridine rings is 1. The first-order chi connectivity index (χ1) is 9.45. The first-order valence-corrected chi connectivity index (χ1v) is 7.47. The van der Waals surface area contributed by atoms with Gasteiger partial charge in [-0.1, -0.05) is 11.6 Å². The SMILES string of the molecule is Cc1cc(CC(C)N)cnc1Oc1ccc(Cl)cc1Br. The largest absolute Gasteiger partial charge is 0.438 e. The fourth-order valence-electron chi connectivity index (χ4n) is 1.87. The molecule has 1 aromatic heterocycles. The van der Waals surface area contributed by atoms with Gasteiger partial charge < -0.3 is 10.5 Å². The molecule has 0 saturated heterocycles. The Bertz CT molecular complexity index is 617. The number of hydrogen-bond acceptors (Lipinski definition) is 3.